The molecule has 3 nitrogen and oxygen atoms in total. The summed E-state index contributed by atoms with van der Waals surface area (Å²) in [6, 6.07) is 36.5. The fourth-order valence-corrected chi connectivity index (χ4v) is 6.71. The molecule has 0 atom stereocenters. The highest BCUT2D eigenvalue weighted by molar-refractivity contribution is 6.30. The van der Waals surface area contributed by atoms with E-state index in [2.05, 4.69) is 91.1 Å². The Balaban J connectivity index is 1.49. The monoisotopic (exact) mass is 501 g/mol. The van der Waals surface area contributed by atoms with Gasteiger partial charge in [-0.05, 0) is 52.4 Å². The molecule has 0 saturated heterocycles. The molecule has 0 bridgehead atoms. The normalized spacial score (nSPS) is 15.5. The topological polar surface area (TPSA) is 46.2 Å². The Kier molecular flexibility index (Phi) is 4.37. The lowest BCUT2D eigenvalue weighted by Gasteiger charge is -2.38. The van der Waals surface area contributed by atoms with Crippen molar-refractivity contribution in [3.05, 3.63) is 165 Å². The van der Waals surface area contributed by atoms with Gasteiger partial charge in [-0.25, -0.2) is 0 Å². The first-order valence-corrected chi connectivity index (χ1v) is 13.2. The largest absolute Gasteiger partial charge is 0.354 e. The first-order valence-electron chi connectivity index (χ1n) is 13.2. The van der Waals surface area contributed by atoms with Crippen molar-refractivity contribution in [1.82, 2.24) is 0 Å². The number of aryl methyl sites for hydroxylation is 1. The molecule has 0 fully saturated rings. The molecule has 39 heavy (non-hydrogen) atoms. The molecule has 1 aliphatic heterocycles. The van der Waals surface area contributed by atoms with Crippen LogP contribution in [0.1, 0.15) is 59.7 Å². The van der Waals surface area contributed by atoms with Gasteiger partial charge in [-0.15, -0.1) is 0 Å². The number of anilines is 1. The third-order valence-electron chi connectivity index (χ3n) is 8.50. The second-order valence-corrected chi connectivity index (χ2v) is 10.6. The van der Waals surface area contributed by atoms with Crippen molar-refractivity contribution in [2.45, 2.75) is 12.3 Å². The molecule has 0 aromatic heterocycles. The maximum Gasteiger partial charge on any atom is 0.196 e. The van der Waals surface area contributed by atoms with Crippen LogP contribution in [-0.4, -0.2) is 11.6 Å². The van der Waals surface area contributed by atoms with Gasteiger partial charge in [0.05, 0.1) is 16.7 Å². The van der Waals surface area contributed by atoms with Crippen LogP contribution in [0.5, 0.6) is 0 Å². The first kappa shape index (κ1) is 22.0. The van der Waals surface area contributed by atoms with Gasteiger partial charge in [0.25, 0.3) is 0 Å². The van der Waals surface area contributed by atoms with Gasteiger partial charge in [-0.3, -0.25) is 9.59 Å². The number of allylic oxidation sites excluding steroid dienone is 1. The van der Waals surface area contributed by atoms with Crippen LogP contribution in [0.25, 0.3) is 16.8 Å². The summed E-state index contributed by atoms with van der Waals surface area (Å²) in [5, 5.41) is 3.64. The van der Waals surface area contributed by atoms with Crippen molar-refractivity contribution in [2.75, 3.05) is 5.32 Å². The number of ketones is 2. The minimum absolute atomic E-state index is 0.113. The van der Waals surface area contributed by atoms with E-state index in [1.165, 1.54) is 27.8 Å². The number of nitrogens with one attached hydrogen (secondary N) is 1. The molecular formula is C36H23NO2. The Morgan fingerprint density at radius 3 is 1.74 bits per heavy atom. The lowest BCUT2D eigenvalue weighted by Crippen LogP contribution is -2.33. The Morgan fingerprint density at radius 2 is 1.10 bits per heavy atom. The lowest BCUT2D eigenvalue weighted by molar-refractivity contribution is 0.0979. The molecule has 5 aromatic carbocycles. The molecular weight excluding hydrogens is 478 g/mol. The van der Waals surface area contributed by atoms with Gasteiger partial charge >= 0.3 is 0 Å². The van der Waals surface area contributed by atoms with E-state index >= 15 is 0 Å². The van der Waals surface area contributed by atoms with E-state index in [1.807, 2.05) is 24.3 Å². The van der Waals surface area contributed by atoms with Crippen molar-refractivity contribution in [2.24, 2.45) is 0 Å². The highest BCUT2D eigenvalue weighted by atomic mass is 16.1. The predicted octanol–water partition coefficient (Wildman–Crippen LogP) is 7.55. The van der Waals surface area contributed by atoms with E-state index in [0.29, 0.717) is 27.9 Å². The third kappa shape index (κ3) is 2.82. The van der Waals surface area contributed by atoms with Crippen molar-refractivity contribution in [1.29, 1.82) is 0 Å². The van der Waals surface area contributed by atoms with Crippen LogP contribution in [-0.2, 0) is 5.41 Å². The lowest BCUT2D eigenvalue weighted by atomic mass is 9.67. The van der Waals surface area contributed by atoms with E-state index in [-0.39, 0.29) is 11.6 Å². The van der Waals surface area contributed by atoms with Gasteiger partial charge in [-0.1, -0.05) is 109 Å². The summed E-state index contributed by atoms with van der Waals surface area (Å²) in [4.78, 5) is 27.7. The maximum atomic E-state index is 14.1. The molecule has 2 aliphatic carbocycles. The molecule has 0 amide bonds. The second-order valence-electron chi connectivity index (χ2n) is 10.6. The Bertz CT molecular complexity index is 1880. The van der Waals surface area contributed by atoms with E-state index in [9.17, 15) is 9.59 Å². The van der Waals surface area contributed by atoms with E-state index in [0.717, 1.165) is 16.8 Å². The highest BCUT2D eigenvalue weighted by Crippen LogP contribution is 2.58. The molecule has 0 radical (unpaired) electrons. The number of hydrogen-bond donors (Lipinski definition) is 1. The first-order chi connectivity index (χ1) is 19.1. The van der Waals surface area contributed by atoms with Crippen molar-refractivity contribution in [3.8, 4) is 11.1 Å². The molecule has 184 valence electrons. The van der Waals surface area contributed by atoms with Crippen molar-refractivity contribution in [3.63, 3.8) is 0 Å². The zero-order valence-corrected chi connectivity index (χ0v) is 21.3. The van der Waals surface area contributed by atoms with Crippen LogP contribution in [0, 0.1) is 6.92 Å². The van der Waals surface area contributed by atoms with E-state index in [1.54, 1.807) is 12.1 Å². The molecule has 1 N–H and O–H groups in total. The molecule has 3 heteroatoms. The zero-order chi connectivity index (χ0) is 26.3. The average Bonchev–Trinajstić information content (AvgIpc) is 3.26. The van der Waals surface area contributed by atoms with Crippen molar-refractivity contribution >= 4 is 23.0 Å². The number of carbonyl (C=O) groups is 2. The molecule has 8 rings (SSSR count). The summed E-state index contributed by atoms with van der Waals surface area (Å²) in [7, 11) is 0. The Morgan fingerprint density at radius 1 is 0.538 bits per heavy atom. The van der Waals surface area contributed by atoms with Crippen LogP contribution in [0.3, 0.4) is 0 Å². The molecule has 0 saturated carbocycles. The number of carbonyl (C=O) groups excluding carboxylic acids is 2. The average molecular weight is 502 g/mol. The van der Waals surface area contributed by atoms with Crippen LogP contribution in [0.15, 0.2) is 115 Å². The molecule has 1 spiro atoms. The summed E-state index contributed by atoms with van der Waals surface area (Å²) in [5.74, 6) is -0.234. The summed E-state index contributed by atoms with van der Waals surface area (Å²) >= 11 is 0. The third-order valence-corrected chi connectivity index (χ3v) is 8.50. The molecule has 1 heterocycles. The second kappa shape index (κ2) is 7.75. The van der Waals surface area contributed by atoms with Gasteiger partial charge in [0.15, 0.2) is 11.6 Å². The Hall–Kier alpha value is -5.02. The van der Waals surface area contributed by atoms with Gasteiger partial charge < -0.3 is 5.32 Å². The smallest absolute Gasteiger partial charge is 0.196 e. The summed E-state index contributed by atoms with van der Waals surface area (Å²) < 4.78 is 0. The maximum absolute atomic E-state index is 14.1. The van der Waals surface area contributed by atoms with Crippen LogP contribution in [0.4, 0.5) is 5.69 Å². The SMILES string of the molecule is Cc1ccc(C2=CC3(c4ccccc4-c4ccccc43)c3ccc4c(c3N2)C(=O)c2ccccc2C4=O)cc1. The predicted molar refractivity (Wildman–Crippen MR) is 154 cm³/mol. The number of benzene rings is 5. The number of fused-ring (bicyclic) bond motifs is 10. The van der Waals surface area contributed by atoms with Gasteiger partial charge in [0.1, 0.15) is 0 Å². The minimum atomic E-state index is -0.622. The molecule has 5 aromatic rings. The molecule has 0 unspecified atom stereocenters. The summed E-state index contributed by atoms with van der Waals surface area (Å²) in [5.41, 5.74) is 10.7. The number of hydrogen-bond acceptors (Lipinski definition) is 3. The minimum Gasteiger partial charge on any atom is -0.354 e. The van der Waals surface area contributed by atoms with Gasteiger partial charge in [0.2, 0.25) is 0 Å². The number of rotatable bonds is 1. The Labute approximate surface area is 226 Å². The van der Waals surface area contributed by atoms with Crippen LogP contribution in [0.2, 0.25) is 0 Å². The fourth-order valence-electron chi connectivity index (χ4n) is 6.71. The van der Waals surface area contributed by atoms with Crippen LogP contribution < -0.4 is 5.32 Å². The fraction of sp³-hybridized carbons (Fsp3) is 0.0556. The summed E-state index contributed by atoms with van der Waals surface area (Å²) in [6.07, 6.45) is 2.31. The van der Waals surface area contributed by atoms with Crippen LogP contribution >= 0.6 is 0 Å². The van der Waals surface area contributed by atoms with Gasteiger partial charge in [-0.2, -0.15) is 0 Å². The molecule has 3 aliphatic rings. The summed E-state index contributed by atoms with van der Waals surface area (Å²) in [6.45, 7) is 2.07. The van der Waals surface area contributed by atoms with Gasteiger partial charge in [0, 0.05) is 22.4 Å². The van der Waals surface area contributed by atoms with Crippen molar-refractivity contribution < 1.29 is 9.59 Å². The zero-order valence-electron chi connectivity index (χ0n) is 21.3. The quantitative estimate of drug-likeness (QED) is 0.253. The highest BCUT2D eigenvalue weighted by Gasteiger charge is 2.48. The van der Waals surface area contributed by atoms with E-state index in [4.69, 9.17) is 0 Å². The van der Waals surface area contributed by atoms with E-state index < -0.39 is 5.41 Å². The standard InChI is InChI=1S/C36H23NO2/c1-21-14-16-22(17-15-21)31-20-36(28-12-6-4-8-23(28)24-9-5-7-13-29(24)36)30-19-18-27-32(33(30)37-31)35(39)26-11-3-2-10-25(26)34(27)38/h2-20,37H,1H3.